The minimum Gasteiger partial charge on any atom is -0.508 e. The predicted octanol–water partition coefficient (Wildman–Crippen LogP) is 4.22. The van der Waals surface area contributed by atoms with Crippen molar-refractivity contribution in [3.63, 3.8) is 0 Å². The summed E-state index contributed by atoms with van der Waals surface area (Å²) in [7, 11) is 0. The lowest BCUT2D eigenvalue weighted by molar-refractivity contribution is -0.206. The van der Waals surface area contributed by atoms with Crippen molar-refractivity contribution in [2.45, 2.75) is 44.4 Å². The number of fused-ring (bicyclic) bond motifs is 1. The van der Waals surface area contributed by atoms with E-state index >= 15 is 0 Å². The Labute approximate surface area is 249 Å². The zero-order chi connectivity index (χ0) is 30.7. The quantitative estimate of drug-likeness (QED) is 0.379. The van der Waals surface area contributed by atoms with Crippen LogP contribution in [0.4, 0.5) is 8.78 Å². The Bertz CT molecular complexity index is 1500. The number of aromatic hydroxyl groups is 1. The highest BCUT2D eigenvalue weighted by Gasteiger charge is 2.52. The summed E-state index contributed by atoms with van der Waals surface area (Å²) >= 11 is 0. The Morgan fingerprint density at radius 1 is 1.05 bits per heavy atom. The van der Waals surface area contributed by atoms with Gasteiger partial charge in [-0.05, 0) is 42.7 Å². The number of hydrogen-bond donors (Lipinski definition) is 1. The summed E-state index contributed by atoms with van der Waals surface area (Å²) < 4.78 is 28.7. The summed E-state index contributed by atoms with van der Waals surface area (Å²) in [6.07, 6.45) is 1.50. The molecule has 2 heterocycles. The summed E-state index contributed by atoms with van der Waals surface area (Å²) in [5.74, 6) is -2.43. The molecule has 2 saturated heterocycles. The van der Waals surface area contributed by atoms with E-state index in [0.717, 1.165) is 17.7 Å². The van der Waals surface area contributed by atoms with Crippen molar-refractivity contribution in [1.82, 2.24) is 19.8 Å². The molecule has 224 valence electrons. The molecule has 0 radical (unpaired) electrons. The van der Waals surface area contributed by atoms with Gasteiger partial charge in [0.05, 0.1) is 19.1 Å². The number of aryl methyl sites for hydroxylation is 1. The summed E-state index contributed by atoms with van der Waals surface area (Å²) in [6, 6.07) is 17.3. The van der Waals surface area contributed by atoms with Gasteiger partial charge >= 0.3 is 0 Å². The topological polar surface area (TPSA) is 84.4 Å². The van der Waals surface area contributed by atoms with Crippen LogP contribution in [0.2, 0.25) is 0 Å². The number of hydrogen-bond acceptors (Lipinski definition) is 5. The number of phenolic OH excluding ortho intramolecular Hbond substituents is 1. The van der Waals surface area contributed by atoms with Gasteiger partial charge in [-0.15, -0.1) is 6.58 Å². The van der Waals surface area contributed by atoms with Crippen LogP contribution in [0.15, 0.2) is 85.5 Å². The van der Waals surface area contributed by atoms with Crippen LogP contribution in [0.3, 0.4) is 0 Å². The van der Waals surface area contributed by atoms with Crippen LogP contribution >= 0.6 is 0 Å². The maximum absolute atomic E-state index is 14.9. The van der Waals surface area contributed by atoms with Gasteiger partial charge in [-0.3, -0.25) is 14.4 Å². The molecule has 3 atom stereocenters. The summed E-state index contributed by atoms with van der Waals surface area (Å²) in [4.78, 5) is 44.7. The first-order valence-electron chi connectivity index (χ1n) is 14.2. The lowest BCUT2D eigenvalue weighted by Crippen LogP contribution is -2.76. The Kier molecular flexibility index (Phi) is 8.86. The molecule has 3 aromatic rings. The number of piperazine rings is 1. The molecule has 0 aromatic heterocycles. The smallest absolute Gasteiger partial charge is 0.246 e. The Morgan fingerprint density at radius 2 is 1.77 bits per heavy atom. The normalized spacial score (nSPS) is 19.7. The molecule has 0 unspecified atom stereocenters. The molecule has 43 heavy (non-hydrogen) atoms. The fraction of sp³-hybridized carbons (Fsp3) is 0.303. The van der Waals surface area contributed by atoms with Crippen LogP contribution in [0.5, 0.6) is 5.75 Å². The van der Waals surface area contributed by atoms with Crippen molar-refractivity contribution < 1.29 is 28.3 Å². The number of rotatable bonds is 9. The number of phenols is 1. The number of hydrazine groups is 1. The standard InChI is InChI=1S/C33H34F2N4O4/c1-3-17-36-21-32(42)38-29(18-24-9-13-26(40)14-10-24)33(43)37(22(2)27-15-12-25(34)19-28(27)35)20-30(38)39(36)31(41)16-11-23-7-5-4-6-8-23/h3-10,12-15,19,22,29-30,40H,1,11,16-18,20-21H2,2H3/t22-,29+,30-/m1/s1. The average Bonchev–Trinajstić information content (AvgIpc) is 2.98. The van der Waals surface area contributed by atoms with Crippen molar-refractivity contribution >= 4 is 17.7 Å². The highest BCUT2D eigenvalue weighted by atomic mass is 19.1. The summed E-state index contributed by atoms with van der Waals surface area (Å²) in [5.41, 5.74) is 1.81. The molecule has 10 heteroatoms. The Balaban J connectivity index is 1.53. The summed E-state index contributed by atoms with van der Waals surface area (Å²) in [5, 5.41) is 13.0. The SMILES string of the molecule is C=CCN1CC(=O)N2[C@@H](CN([C@H](C)c3ccc(F)cc3F)C(=O)[C@@H]2Cc2ccc(O)cc2)N1C(=O)CCc1ccccc1. The van der Waals surface area contributed by atoms with Gasteiger partial charge in [-0.2, -0.15) is 0 Å². The van der Waals surface area contributed by atoms with Crippen molar-refractivity contribution in [3.8, 4) is 5.75 Å². The minimum absolute atomic E-state index is 0.0583. The first-order chi connectivity index (χ1) is 20.7. The second-order valence-electron chi connectivity index (χ2n) is 10.9. The van der Waals surface area contributed by atoms with Gasteiger partial charge in [0, 0.05) is 31.0 Å². The molecule has 2 aliphatic heterocycles. The molecule has 2 aliphatic rings. The van der Waals surface area contributed by atoms with Crippen molar-refractivity contribution in [1.29, 1.82) is 0 Å². The van der Waals surface area contributed by atoms with E-state index < -0.39 is 35.8 Å². The van der Waals surface area contributed by atoms with E-state index in [1.54, 1.807) is 35.2 Å². The van der Waals surface area contributed by atoms with E-state index in [4.69, 9.17) is 0 Å². The molecule has 0 aliphatic carbocycles. The molecular formula is C33H34F2N4O4. The maximum atomic E-state index is 14.9. The van der Waals surface area contributed by atoms with Gasteiger partial charge in [0.15, 0.2) is 0 Å². The van der Waals surface area contributed by atoms with Crippen molar-refractivity contribution in [3.05, 3.63) is 114 Å². The van der Waals surface area contributed by atoms with E-state index in [1.807, 2.05) is 30.3 Å². The third-order valence-corrected chi connectivity index (χ3v) is 8.09. The molecular weight excluding hydrogens is 554 g/mol. The van der Waals surface area contributed by atoms with E-state index in [1.165, 1.54) is 28.0 Å². The number of carbonyl (C=O) groups excluding carboxylic acids is 3. The van der Waals surface area contributed by atoms with Gasteiger partial charge in [-0.25, -0.2) is 18.8 Å². The van der Waals surface area contributed by atoms with Crippen LogP contribution in [-0.2, 0) is 27.2 Å². The highest BCUT2D eigenvalue weighted by Crippen LogP contribution is 2.34. The van der Waals surface area contributed by atoms with Crippen molar-refractivity contribution in [2.75, 3.05) is 19.6 Å². The van der Waals surface area contributed by atoms with Crippen LogP contribution in [-0.4, -0.2) is 74.5 Å². The van der Waals surface area contributed by atoms with Crippen LogP contribution in [0.1, 0.15) is 36.1 Å². The lowest BCUT2D eigenvalue weighted by Gasteiger charge is -2.56. The zero-order valence-corrected chi connectivity index (χ0v) is 23.9. The molecule has 8 nitrogen and oxygen atoms in total. The molecule has 5 rings (SSSR count). The molecule has 0 saturated carbocycles. The second kappa shape index (κ2) is 12.7. The van der Waals surface area contributed by atoms with Crippen molar-refractivity contribution in [2.24, 2.45) is 0 Å². The van der Waals surface area contributed by atoms with E-state index in [0.29, 0.717) is 12.0 Å². The van der Waals surface area contributed by atoms with E-state index in [9.17, 15) is 28.3 Å². The van der Waals surface area contributed by atoms with E-state index in [-0.39, 0.29) is 55.6 Å². The highest BCUT2D eigenvalue weighted by molar-refractivity contribution is 5.92. The van der Waals surface area contributed by atoms with Crippen LogP contribution < -0.4 is 0 Å². The number of carbonyl (C=O) groups is 3. The predicted molar refractivity (Wildman–Crippen MR) is 156 cm³/mol. The third-order valence-electron chi connectivity index (χ3n) is 8.09. The molecule has 2 fully saturated rings. The number of amides is 3. The Morgan fingerprint density at radius 3 is 2.44 bits per heavy atom. The first kappa shape index (κ1) is 29.9. The maximum Gasteiger partial charge on any atom is 0.246 e. The third kappa shape index (κ3) is 6.29. The van der Waals surface area contributed by atoms with Crippen LogP contribution in [0, 0.1) is 11.6 Å². The molecule has 1 N–H and O–H groups in total. The largest absolute Gasteiger partial charge is 0.508 e. The fourth-order valence-corrected chi connectivity index (χ4v) is 5.94. The van der Waals surface area contributed by atoms with Gasteiger partial charge in [0.2, 0.25) is 17.7 Å². The average molecular weight is 589 g/mol. The van der Waals surface area contributed by atoms with Gasteiger partial charge < -0.3 is 14.9 Å². The molecule has 3 aromatic carbocycles. The zero-order valence-electron chi connectivity index (χ0n) is 23.9. The first-order valence-corrected chi connectivity index (χ1v) is 14.2. The number of nitrogens with zero attached hydrogens (tertiary/aromatic N) is 4. The van der Waals surface area contributed by atoms with Gasteiger partial charge in [-0.1, -0.05) is 54.6 Å². The van der Waals surface area contributed by atoms with E-state index in [2.05, 4.69) is 6.58 Å². The molecule has 3 amide bonds. The minimum atomic E-state index is -1.00. The second-order valence-corrected chi connectivity index (χ2v) is 10.9. The summed E-state index contributed by atoms with van der Waals surface area (Å²) in [6.45, 7) is 5.48. The monoisotopic (exact) mass is 588 g/mol. The molecule has 0 bridgehead atoms. The lowest BCUT2D eigenvalue weighted by atomic mass is 9.96. The van der Waals surface area contributed by atoms with Gasteiger partial charge in [0.25, 0.3) is 0 Å². The number of halogens is 2. The fourth-order valence-electron chi connectivity index (χ4n) is 5.94. The van der Waals surface area contributed by atoms with Gasteiger partial charge in [0.1, 0.15) is 29.6 Å². The Hall–Kier alpha value is -4.57. The van der Waals surface area contributed by atoms with Crippen LogP contribution in [0.25, 0.3) is 0 Å². The molecule has 0 spiro atoms. The number of benzene rings is 3.